The van der Waals surface area contributed by atoms with Crippen molar-refractivity contribution in [2.75, 3.05) is 0 Å². The highest BCUT2D eigenvalue weighted by Gasteiger charge is 2.11. The van der Waals surface area contributed by atoms with Crippen molar-refractivity contribution in [2.45, 2.75) is 0 Å². The smallest absolute Gasteiger partial charge is 0.248 e. The van der Waals surface area contributed by atoms with Crippen LogP contribution in [0.1, 0.15) is 0 Å². The Morgan fingerprint density at radius 3 is 2.06 bits per heavy atom. The summed E-state index contributed by atoms with van der Waals surface area (Å²) in [5.74, 6) is 0. The molecule has 0 aliphatic rings. The van der Waals surface area contributed by atoms with E-state index in [2.05, 4.69) is 42.5 Å². The standard InChI is InChI=1S/C15H8OS2/c17-15-16-13-11-7-3-1-5-9(11)10-6-2-4-8-12(10)14(13)18-15/h1-8H. The Bertz CT molecular complexity index is 871. The van der Waals surface area contributed by atoms with Crippen molar-refractivity contribution in [2.24, 2.45) is 0 Å². The zero-order valence-electron chi connectivity index (χ0n) is 9.34. The molecule has 0 unspecified atom stereocenters. The van der Waals surface area contributed by atoms with Crippen LogP contribution in [0, 0.1) is 4.02 Å². The van der Waals surface area contributed by atoms with Crippen molar-refractivity contribution in [3.8, 4) is 0 Å². The average molecular weight is 268 g/mol. The van der Waals surface area contributed by atoms with Crippen LogP contribution in [-0.4, -0.2) is 0 Å². The molecule has 3 heteroatoms. The summed E-state index contributed by atoms with van der Waals surface area (Å²) in [5, 5.41) is 4.83. The topological polar surface area (TPSA) is 13.1 Å². The number of hydrogen-bond acceptors (Lipinski definition) is 3. The zero-order valence-corrected chi connectivity index (χ0v) is 11.0. The summed E-state index contributed by atoms with van der Waals surface area (Å²) in [5.41, 5.74) is 0.916. The molecule has 3 aromatic carbocycles. The molecule has 0 N–H and O–H groups in total. The Morgan fingerprint density at radius 2 is 1.33 bits per heavy atom. The molecule has 1 heterocycles. The van der Waals surface area contributed by atoms with Crippen molar-refractivity contribution in [1.82, 2.24) is 0 Å². The molecule has 1 aromatic heterocycles. The van der Waals surface area contributed by atoms with Crippen LogP contribution in [0.25, 0.3) is 31.8 Å². The first-order chi connectivity index (χ1) is 8.84. The maximum absolute atomic E-state index is 5.72. The Kier molecular flexibility index (Phi) is 2.07. The largest absolute Gasteiger partial charge is 0.435 e. The molecule has 1 nitrogen and oxygen atoms in total. The highest BCUT2D eigenvalue weighted by atomic mass is 32.1. The summed E-state index contributed by atoms with van der Waals surface area (Å²) in [6.07, 6.45) is 0. The summed E-state index contributed by atoms with van der Waals surface area (Å²) in [6, 6.07) is 16.7. The maximum Gasteiger partial charge on any atom is 0.248 e. The lowest BCUT2D eigenvalue weighted by molar-refractivity contribution is 0.612. The van der Waals surface area contributed by atoms with E-state index in [1.54, 1.807) is 11.3 Å². The summed E-state index contributed by atoms with van der Waals surface area (Å²) in [4.78, 5) is 0. The normalized spacial score (nSPS) is 11.6. The molecule has 18 heavy (non-hydrogen) atoms. The highest BCUT2D eigenvalue weighted by molar-refractivity contribution is 7.73. The highest BCUT2D eigenvalue weighted by Crippen LogP contribution is 2.38. The van der Waals surface area contributed by atoms with Crippen LogP contribution < -0.4 is 0 Å². The summed E-state index contributed by atoms with van der Waals surface area (Å²) >= 11 is 6.74. The van der Waals surface area contributed by atoms with Gasteiger partial charge in [-0.15, -0.1) is 0 Å². The third kappa shape index (κ3) is 1.29. The van der Waals surface area contributed by atoms with Gasteiger partial charge < -0.3 is 4.42 Å². The molecule has 0 saturated carbocycles. The van der Waals surface area contributed by atoms with E-state index in [-0.39, 0.29) is 0 Å². The van der Waals surface area contributed by atoms with Gasteiger partial charge in [0.1, 0.15) is 0 Å². The summed E-state index contributed by atoms with van der Waals surface area (Å²) in [6.45, 7) is 0. The maximum atomic E-state index is 5.72. The van der Waals surface area contributed by atoms with E-state index in [0.717, 1.165) is 15.7 Å². The number of fused-ring (bicyclic) bond motifs is 6. The molecular weight excluding hydrogens is 260 g/mol. The van der Waals surface area contributed by atoms with Gasteiger partial charge in [-0.2, -0.15) is 0 Å². The van der Waals surface area contributed by atoms with E-state index in [9.17, 15) is 0 Å². The second-order valence-electron chi connectivity index (χ2n) is 4.20. The first-order valence-corrected chi connectivity index (χ1v) is 6.90. The molecule has 0 amide bonds. The number of benzene rings is 3. The van der Waals surface area contributed by atoms with E-state index >= 15 is 0 Å². The van der Waals surface area contributed by atoms with Crippen LogP contribution in [0.2, 0.25) is 0 Å². The Morgan fingerprint density at radius 1 is 0.778 bits per heavy atom. The van der Waals surface area contributed by atoms with E-state index in [4.69, 9.17) is 16.6 Å². The number of rotatable bonds is 0. The van der Waals surface area contributed by atoms with Crippen molar-refractivity contribution >= 4 is 55.4 Å². The predicted octanol–water partition coefficient (Wildman–Crippen LogP) is 5.53. The second kappa shape index (κ2) is 3.64. The van der Waals surface area contributed by atoms with Gasteiger partial charge in [0.15, 0.2) is 5.58 Å². The quantitative estimate of drug-likeness (QED) is 0.307. The van der Waals surface area contributed by atoms with E-state index in [1.165, 1.54) is 16.2 Å². The molecule has 86 valence electrons. The SMILES string of the molecule is S=c1oc2c3ccccc3c3ccccc3c2s1. The Hall–Kier alpha value is -1.71. The lowest BCUT2D eigenvalue weighted by Gasteiger charge is -2.04. The summed E-state index contributed by atoms with van der Waals surface area (Å²) < 4.78 is 7.46. The fourth-order valence-electron chi connectivity index (χ4n) is 2.47. The van der Waals surface area contributed by atoms with Gasteiger partial charge in [-0.05, 0) is 23.0 Å². The molecule has 4 aromatic rings. The minimum atomic E-state index is 0.589. The average Bonchev–Trinajstić information content (AvgIpc) is 2.81. The molecule has 0 saturated heterocycles. The van der Waals surface area contributed by atoms with Crippen molar-refractivity contribution in [1.29, 1.82) is 0 Å². The molecule has 0 fully saturated rings. The van der Waals surface area contributed by atoms with Gasteiger partial charge in [-0.1, -0.05) is 59.9 Å². The van der Waals surface area contributed by atoms with Crippen molar-refractivity contribution in [3.05, 3.63) is 52.6 Å². The van der Waals surface area contributed by atoms with Gasteiger partial charge in [0.2, 0.25) is 4.02 Å². The van der Waals surface area contributed by atoms with Crippen molar-refractivity contribution < 1.29 is 4.42 Å². The Labute approximate surface area is 112 Å². The van der Waals surface area contributed by atoms with Gasteiger partial charge >= 0.3 is 0 Å². The van der Waals surface area contributed by atoms with Gasteiger partial charge in [-0.3, -0.25) is 0 Å². The fraction of sp³-hybridized carbons (Fsp3) is 0. The second-order valence-corrected chi connectivity index (χ2v) is 5.82. The van der Waals surface area contributed by atoms with E-state index in [0.29, 0.717) is 4.02 Å². The minimum absolute atomic E-state index is 0.589. The van der Waals surface area contributed by atoms with Gasteiger partial charge in [-0.25, -0.2) is 0 Å². The first-order valence-electron chi connectivity index (χ1n) is 5.68. The molecule has 0 atom stereocenters. The zero-order chi connectivity index (χ0) is 12.1. The first kappa shape index (κ1) is 10.2. The van der Waals surface area contributed by atoms with Crippen LogP contribution in [-0.2, 0) is 0 Å². The van der Waals surface area contributed by atoms with Gasteiger partial charge in [0, 0.05) is 10.8 Å². The molecule has 0 bridgehead atoms. The van der Waals surface area contributed by atoms with Crippen molar-refractivity contribution in [3.63, 3.8) is 0 Å². The summed E-state index contributed by atoms with van der Waals surface area (Å²) in [7, 11) is 0. The van der Waals surface area contributed by atoms with Crippen LogP contribution in [0.15, 0.2) is 52.9 Å². The van der Waals surface area contributed by atoms with Crippen LogP contribution in [0.5, 0.6) is 0 Å². The number of hydrogen-bond donors (Lipinski definition) is 0. The third-order valence-corrected chi connectivity index (χ3v) is 4.40. The molecule has 0 aliphatic carbocycles. The van der Waals surface area contributed by atoms with Gasteiger partial charge in [0.05, 0.1) is 4.70 Å². The fourth-order valence-corrected chi connectivity index (χ4v) is 3.62. The third-order valence-electron chi connectivity index (χ3n) is 3.21. The lowest BCUT2D eigenvalue weighted by Crippen LogP contribution is -1.78. The van der Waals surface area contributed by atoms with E-state index < -0.39 is 0 Å². The Balaban J connectivity index is 2.50. The van der Waals surface area contributed by atoms with Crippen LogP contribution >= 0.6 is 23.6 Å². The predicted molar refractivity (Wildman–Crippen MR) is 79.9 cm³/mol. The van der Waals surface area contributed by atoms with Crippen LogP contribution in [0.3, 0.4) is 0 Å². The minimum Gasteiger partial charge on any atom is -0.435 e. The van der Waals surface area contributed by atoms with Crippen LogP contribution in [0.4, 0.5) is 0 Å². The monoisotopic (exact) mass is 268 g/mol. The van der Waals surface area contributed by atoms with Gasteiger partial charge in [0.25, 0.3) is 0 Å². The molecule has 4 rings (SSSR count). The molecule has 0 aliphatic heterocycles. The lowest BCUT2D eigenvalue weighted by atomic mass is 10.0. The molecular formula is C15H8OS2. The van der Waals surface area contributed by atoms with E-state index in [1.807, 2.05) is 6.07 Å². The molecule has 0 spiro atoms. The molecule has 0 radical (unpaired) electrons.